The van der Waals surface area contributed by atoms with Gasteiger partial charge in [-0.1, -0.05) is 6.92 Å². The summed E-state index contributed by atoms with van der Waals surface area (Å²) in [4.78, 5) is 31.2. The van der Waals surface area contributed by atoms with Gasteiger partial charge >= 0.3 is 11.7 Å². The molecule has 3 aromatic rings. The van der Waals surface area contributed by atoms with Crippen LogP contribution in [0.15, 0.2) is 29.2 Å². The fourth-order valence-corrected chi connectivity index (χ4v) is 3.02. The van der Waals surface area contributed by atoms with Crippen molar-refractivity contribution in [2.24, 2.45) is 0 Å². The van der Waals surface area contributed by atoms with Crippen LogP contribution < -0.4 is 5.69 Å². The number of hydrogen-bond donors (Lipinski definition) is 2. The van der Waals surface area contributed by atoms with Crippen molar-refractivity contribution >= 4 is 28.3 Å². The third-order valence-electron chi connectivity index (χ3n) is 3.26. The molecule has 0 aliphatic heterocycles. The number of nitrogens with zero attached hydrogens (tertiary/aromatic N) is 2. The maximum absolute atomic E-state index is 12.0. The molecule has 3 rings (SSSR count). The normalized spacial score (nSPS) is 11.1. The number of aromatic nitrogens is 3. The predicted molar refractivity (Wildman–Crippen MR) is 80.1 cm³/mol. The highest BCUT2D eigenvalue weighted by atomic mass is 32.1. The molecule has 0 atom stereocenters. The van der Waals surface area contributed by atoms with Crippen LogP contribution in [0, 0.1) is 0 Å². The number of aromatic amines is 1. The molecule has 2 aromatic heterocycles. The first-order valence-corrected chi connectivity index (χ1v) is 7.29. The molecular formula is C14H13N3O3S. The molecular weight excluding hydrogens is 290 g/mol. The van der Waals surface area contributed by atoms with E-state index in [-0.39, 0.29) is 11.3 Å². The highest BCUT2D eigenvalue weighted by Gasteiger charge is 2.11. The predicted octanol–water partition coefficient (Wildman–Crippen LogP) is 2.09. The van der Waals surface area contributed by atoms with E-state index < -0.39 is 5.97 Å². The molecule has 108 valence electrons. The molecule has 2 N–H and O–H groups in total. The van der Waals surface area contributed by atoms with Crippen LogP contribution in [-0.4, -0.2) is 25.6 Å². The van der Waals surface area contributed by atoms with Gasteiger partial charge in [0.2, 0.25) is 0 Å². The molecule has 0 aliphatic carbocycles. The number of carboxylic acid groups (broad SMARTS) is 1. The van der Waals surface area contributed by atoms with Gasteiger partial charge in [-0.2, -0.15) is 0 Å². The SMILES string of the molecule is CCc1cnc(Cn2c(=O)[nH]c3cc(C(=O)O)ccc32)s1. The minimum Gasteiger partial charge on any atom is -0.478 e. The molecule has 7 heteroatoms. The van der Waals surface area contributed by atoms with E-state index >= 15 is 0 Å². The average Bonchev–Trinajstić information content (AvgIpc) is 3.04. The monoisotopic (exact) mass is 303 g/mol. The second-order valence-electron chi connectivity index (χ2n) is 4.63. The van der Waals surface area contributed by atoms with Crippen molar-refractivity contribution < 1.29 is 9.90 Å². The smallest absolute Gasteiger partial charge is 0.335 e. The average molecular weight is 303 g/mol. The highest BCUT2D eigenvalue weighted by Crippen LogP contribution is 2.17. The fourth-order valence-electron chi connectivity index (χ4n) is 2.17. The van der Waals surface area contributed by atoms with Gasteiger partial charge in [0.05, 0.1) is 23.1 Å². The zero-order valence-electron chi connectivity index (χ0n) is 11.3. The lowest BCUT2D eigenvalue weighted by Crippen LogP contribution is -2.17. The molecule has 0 aliphatic rings. The number of carboxylic acids is 1. The van der Waals surface area contributed by atoms with E-state index in [0.717, 1.165) is 11.4 Å². The number of aryl methyl sites for hydroxylation is 1. The third-order valence-corrected chi connectivity index (χ3v) is 4.39. The van der Waals surface area contributed by atoms with Crippen LogP contribution in [0.1, 0.15) is 27.2 Å². The van der Waals surface area contributed by atoms with Crippen molar-refractivity contribution in [3.05, 3.63) is 50.3 Å². The van der Waals surface area contributed by atoms with E-state index in [9.17, 15) is 9.59 Å². The van der Waals surface area contributed by atoms with Gasteiger partial charge in [0.25, 0.3) is 0 Å². The Morgan fingerprint density at radius 2 is 2.29 bits per heavy atom. The Balaban J connectivity index is 2.04. The molecule has 0 fully saturated rings. The first kappa shape index (κ1) is 13.6. The summed E-state index contributed by atoms with van der Waals surface area (Å²) in [5, 5.41) is 9.84. The van der Waals surface area contributed by atoms with Gasteiger partial charge in [-0.15, -0.1) is 11.3 Å². The number of imidazole rings is 1. The zero-order chi connectivity index (χ0) is 15.0. The van der Waals surface area contributed by atoms with Gasteiger partial charge in [0.1, 0.15) is 5.01 Å². The van der Waals surface area contributed by atoms with E-state index in [0.29, 0.717) is 17.6 Å². The number of rotatable bonds is 4. The first-order valence-electron chi connectivity index (χ1n) is 6.48. The lowest BCUT2D eigenvalue weighted by atomic mass is 10.2. The number of nitrogens with one attached hydrogen (secondary N) is 1. The van der Waals surface area contributed by atoms with Crippen LogP contribution in [0.3, 0.4) is 0 Å². The molecule has 0 bridgehead atoms. The number of carbonyl (C=O) groups is 1. The molecule has 2 heterocycles. The van der Waals surface area contributed by atoms with Gasteiger partial charge < -0.3 is 10.1 Å². The molecule has 0 radical (unpaired) electrons. The summed E-state index contributed by atoms with van der Waals surface area (Å²) in [5.74, 6) is -1.02. The maximum Gasteiger partial charge on any atom is 0.335 e. The number of aromatic carboxylic acids is 1. The summed E-state index contributed by atoms with van der Waals surface area (Å²) in [6.07, 6.45) is 2.74. The molecule has 0 amide bonds. The Morgan fingerprint density at radius 3 is 2.95 bits per heavy atom. The second kappa shape index (κ2) is 5.17. The van der Waals surface area contributed by atoms with Crippen molar-refractivity contribution in [1.29, 1.82) is 0 Å². The zero-order valence-corrected chi connectivity index (χ0v) is 12.1. The summed E-state index contributed by atoms with van der Waals surface area (Å²) >= 11 is 1.58. The molecule has 21 heavy (non-hydrogen) atoms. The Bertz CT molecular complexity index is 875. The lowest BCUT2D eigenvalue weighted by Gasteiger charge is -2.00. The third kappa shape index (κ3) is 2.47. The maximum atomic E-state index is 12.0. The van der Waals surface area contributed by atoms with E-state index in [4.69, 9.17) is 5.11 Å². The number of H-pyrrole nitrogens is 1. The summed E-state index contributed by atoms with van der Waals surface area (Å²) in [7, 11) is 0. The Kier molecular flexibility index (Phi) is 3.34. The van der Waals surface area contributed by atoms with Crippen LogP contribution in [0.25, 0.3) is 11.0 Å². The van der Waals surface area contributed by atoms with Crippen molar-refractivity contribution in [1.82, 2.24) is 14.5 Å². The fraction of sp³-hybridized carbons (Fsp3) is 0.214. The second-order valence-corrected chi connectivity index (χ2v) is 5.83. The van der Waals surface area contributed by atoms with Crippen molar-refractivity contribution in [3.63, 3.8) is 0 Å². The number of hydrogen-bond acceptors (Lipinski definition) is 4. The molecule has 1 aromatic carbocycles. The minimum absolute atomic E-state index is 0.151. The van der Waals surface area contributed by atoms with E-state index in [1.807, 2.05) is 6.20 Å². The van der Waals surface area contributed by atoms with Crippen molar-refractivity contribution in [3.8, 4) is 0 Å². The van der Waals surface area contributed by atoms with Gasteiger partial charge in [-0.3, -0.25) is 4.57 Å². The highest BCUT2D eigenvalue weighted by molar-refractivity contribution is 7.11. The van der Waals surface area contributed by atoms with Gasteiger partial charge in [0, 0.05) is 11.1 Å². The van der Waals surface area contributed by atoms with Gasteiger partial charge in [0.15, 0.2) is 0 Å². The number of fused-ring (bicyclic) bond motifs is 1. The topological polar surface area (TPSA) is 88.0 Å². The summed E-state index contributed by atoms with van der Waals surface area (Å²) in [6.45, 7) is 2.44. The van der Waals surface area contributed by atoms with Crippen molar-refractivity contribution in [2.45, 2.75) is 19.9 Å². The number of thiazole rings is 1. The Labute approximate surface area is 123 Å². The standard InChI is InChI=1S/C14H13N3O3S/c1-2-9-6-15-12(21-9)7-17-11-4-3-8(13(18)19)5-10(11)16-14(17)20/h3-6H,2,7H2,1H3,(H,16,20)(H,18,19). The molecule has 6 nitrogen and oxygen atoms in total. The lowest BCUT2D eigenvalue weighted by molar-refractivity contribution is 0.0697. The summed E-state index contributed by atoms with van der Waals surface area (Å²) in [6, 6.07) is 4.60. The Morgan fingerprint density at radius 1 is 1.48 bits per heavy atom. The molecule has 0 spiro atoms. The Hall–Kier alpha value is -2.41. The van der Waals surface area contributed by atoms with Crippen LogP contribution >= 0.6 is 11.3 Å². The summed E-state index contributed by atoms with van der Waals surface area (Å²) in [5.41, 5.74) is 1.09. The quantitative estimate of drug-likeness (QED) is 0.772. The first-order chi connectivity index (χ1) is 10.1. The van der Waals surface area contributed by atoms with Gasteiger partial charge in [-0.25, -0.2) is 14.6 Å². The van der Waals surface area contributed by atoms with Crippen LogP contribution in [-0.2, 0) is 13.0 Å². The van der Waals surface area contributed by atoms with Crippen LogP contribution in [0.4, 0.5) is 0 Å². The van der Waals surface area contributed by atoms with E-state index in [2.05, 4.69) is 16.9 Å². The van der Waals surface area contributed by atoms with Crippen LogP contribution in [0.2, 0.25) is 0 Å². The van der Waals surface area contributed by atoms with Gasteiger partial charge in [-0.05, 0) is 24.6 Å². The van der Waals surface area contributed by atoms with Crippen LogP contribution in [0.5, 0.6) is 0 Å². The number of benzene rings is 1. The summed E-state index contributed by atoms with van der Waals surface area (Å²) < 4.78 is 1.57. The minimum atomic E-state index is -1.02. The molecule has 0 unspecified atom stereocenters. The van der Waals surface area contributed by atoms with Crippen molar-refractivity contribution in [2.75, 3.05) is 0 Å². The largest absolute Gasteiger partial charge is 0.478 e. The molecule has 0 saturated carbocycles. The van der Waals surface area contributed by atoms with E-state index in [1.165, 1.54) is 17.0 Å². The van der Waals surface area contributed by atoms with E-state index in [1.54, 1.807) is 22.0 Å². The molecule has 0 saturated heterocycles.